The van der Waals surface area contributed by atoms with E-state index in [0.717, 1.165) is 45.7 Å². The second kappa shape index (κ2) is 8.10. The molecule has 0 aliphatic carbocycles. The van der Waals surface area contributed by atoms with E-state index >= 15 is 0 Å². The van der Waals surface area contributed by atoms with Crippen LogP contribution < -0.4 is 0 Å². The maximum Gasteiger partial charge on any atom is 0.222 e. The van der Waals surface area contributed by atoms with Crippen LogP contribution >= 0.6 is 0 Å². The fourth-order valence-electron chi connectivity index (χ4n) is 4.75. The molecule has 1 aromatic carbocycles. The molecule has 0 unspecified atom stereocenters. The lowest BCUT2D eigenvalue weighted by atomic mass is 9.92. The molecule has 0 radical (unpaired) electrons. The Bertz CT molecular complexity index is 599. The van der Waals surface area contributed by atoms with E-state index in [4.69, 9.17) is 0 Å². The molecule has 0 bridgehead atoms. The van der Waals surface area contributed by atoms with Crippen molar-refractivity contribution in [2.75, 3.05) is 39.3 Å². The van der Waals surface area contributed by atoms with Gasteiger partial charge in [0, 0.05) is 57.3 Å². The standard InChI is InChI=1S/C22H35N3O/c1-18(2)14-23-15-20-16-24(12-13-25(20)22(3,4)17-23)21(26)11-10-19-8-6-5-7-9-19/h5-9,18,20H,10-17H2,1-4H3/t20-/m1/s1. The Balaban J connectivity index is 1.58. The zero-order chi connectivity index (χ0) is 18.7. The third-order valence-electron chi connectivity index (χ3n) is 5.79. The average Bonchev–Trinajstić information content (AvgIpc) is 2.59. The summed E-state index contributed by atoms with van der Waals surface area (Å²) in [7, 11) is 0. The van der Waals surface area contributed by atoms with E-state index in [1.165, 1.54) is 5.56 Å². The first kappa shape index (κ1) is 19.4. The van der Waals surface area contributed by atoms with Crippen LogP contribution in [0.25, 0.3) is 0 Å². The molecule has 0 aromatic heterocycles. The lowest BCUT2D eigenvalue weighted by Crippen LogP contribution is -2.70. The van der Waals surface area contributed by atoms with Gasteiger partial charge in [-0.1, -0.05) is 44.2 Å². The third-order valence-corrected chi connectivity index (χ3v) is 5.79. The summed E-state index contributed by atoms with van der Waals surface area (Å²) >= 11 is 0. The Kier molecular flexibility index (Phi) is 6.03. The van der Waals surface area contributed by atoms with E-state index in [1.54, 1.807) is 0 Å². The quantitative estimate of drug-likeness (QED) is 0.811. The number of amides is 1. The first-order valence-corrected chi connectivity index (χ1v) is 10.2. The molecule has 2 fully saturated rings. The minimum atomic E-state index is 0.191. The van der Waals surface area contributed by atoms with Gasteiger partial charge in [0.2, 0.25) is 5.91 Å². The molecule has 26 heavy (non-hydrogen) atoms. The highest BCUT2D eigenvalue weighted by molar-refractivity contribution is 5.76. The molecule has 0 spiro atoms. The van der Waals surface area contributed by atoms with Gasteiger partial charge >= 0.3 is 0 Å². The summed E-state index contributed by atoms with van der Waals surface area (Å²) in [5.41, 5.74) is 1.44. The van der Waals surface area contributed by atoms with Crippen LogP contribution in [-0.2, 0) is 11.2 Å². The number of piperazine rings is 2. The van der Waals surface area contributed by atoms with Crippen molar-refractivity contribution in [1.82, 2.24) is 14.7 Å². The Morgan fingerprint density at radius 2 is 1.88 bits per heavy atom. The predicted octanol–water partition coefficient (Wildman–Crippen LogP) is 2.88. The van der Waals surface area contributed by atoms with Gasteiger partial charge in [-0.05, 0) is 31.7 Å². The highest BCUT2D eigenvalue weighted by atomic mass is 16.2. The molecule has 3 rings (SSSR count). The van der Waals surface area contributed by atoms with Crippen molar-refractivity contribution < 1.29 is 4.79 Å². The van der Waals surface area contributed by atoms with E-state index in [0.29, 0.717) is 24.3 Å². The summed E-state index contributed by atoms with van der Waals surface area (Å²) in [6.07, 6.45) is 1.46. The Labute approximate surface area is 159 Å². The second-order valence-corrected chi connectivity index (χ2v) is 9.07. The van der Waals surface area contributed by atoms with Crippen molar-refractivity contribution in [2.45, 2.75) is 52.1 Å². The van der Waals surface area contributed by atoms with Crippen LogP contribution in [0.1, 0.15) is 39.7 Å². The monoisotopic (exact) mass is 357 g/mol. The zero-order valence-corrected chi connectivity index (χ0v) is 16.9. The maximum atomic E-state index is 12.8. The van der Waals surface area contributed by atoms with Gasteiger partial charge in [-0.15, -0.1) is 0 Å². The van der Waals surface area contributed by atoms with Gasteiger partial charge in [0.25, 0.3) is 0 Å². The third kappa shape index (κ3) is 4.66. The van der Waals surface area contributed by atoms with Crippen molar-refractivity contribution in [3.05, 3.63) is 35.9 Å². The van der Waals surface area contributed by atoms with E-state index in [-0.39, 0.29) is 5.54 Å². The van der Waals surface area contributed by atoms with Crippen molar-refractivity contribution >= 4 is 5.91 Å². The lowest BCUT2D eigenvalue weighted by molar-refractivity contribution is -0.139. The largest absolute Gasteiger partial charge is 0.340 e. The minimum Gasteiger partial charge on any atom is -0.340 e. The topological polar surface area (TPSA) is 26.8 Å². The molecule has 2 heterocycles. The fraction of sp³-hybridized carbons (Fsp3) is 0.682. The van der Waals surface area contributed by atoms with E-state index < -0.39 is 0 Å². The summed E-state index contributed by atoms with van der Waals surface area (Å²) in [5, 5.41) is 0. The summed E-state index contributed by atoms with van der Waals surface area (Å²) in [5.74, 6) is 0.997. The average molecular weight is 358 g/mol. The normalized spacial score (nSPS) is 23.9. The highest BCUT2D eigenvalue weighted by Gasteiger charge is 2.43. The predicted molar refractivity (Wildman–Crippen MR) is 107 cm³/mol. The van der Waals surface area contributed by atoms with Crippen molar-refractivity contribution in [2.24, 2.45) is 5.92 Å². The van der Waals surface area contributed by atoms with E-state index in [2.05, 4.69) is 54.5 Å². The van der Waals surface area contributed by atoms with Gasteiger partial charge in [-0.3, -0.25) is 14.6 Å². The van der Waals surface area contributed by atoms with Crippen LogP contribution in [0.15, 0.2) is 30.3 Å². The second-order valence-electron chi connectivity index (χ2n) is 9.07. The molecule has 0 saturated carbocycles. The zero-order valence-electron chi connectivity index (χ0n) is 16.9. The van der Waals surface area contributed by atoms with Crippen LogP contribution in [0.5, 0.6) is 0 Å². The molecule has 144 valence electrons. The molecule has 1 aromatic rings. The van der Waals surface area contributed by atoms with Crippen LogP contribution in [-0.4, -0.2) is 71.5 Å². The molecule has 1 atom stereocenters. The molecule has 4 nitrogen and oxygen atoms in total. The first-order valence-electron chi connectivity index (χ1n) is 10.2. The molecule has 2 aliphatic rings. The molecular formula is C22H35N3O. The first-order chi connectivity index (χ1) is 12.3. The van der Waals surface area contributed by atoms with Gasteiger partial charge in [-0.2, -0.15) is 0 Å². The van der Waals surface area contributed by atoms with Crippen molar-refractivity contribution in [3.63, 3.8) is 0 Å². The van der Waals surface area contributed by atoms with Gasteiger partial charge in [0.1, 0.15) is 0 Å². The van der Waals surface area contributed by atoms with Gasteiger partial charge in [0.05, 0.1) is 0 Å². The van der Waals surface area contributed by atoms with Crippen LogP contribution in [0, 0.1) is 5.92 Å². The number of rotatable bonds is 5. The highest BCUT2D eigenvalue weighted by Crippen LogP contribution is 2.28. The lowest BCUT2D eigenvalue weighted by Gasteiger charge is -2.56. The summed E-state index contributed by atoms with van der Waals surface area (Å²) in [4.78, 5) is 20.1. The Morgan fingerprint density at radius 3 is 2.58 bits per heavy atom. The van der Waals surface area contributed by atoms with Crippen molar-refractivity contribution in [1.29, 1.82) is 0 Å². The minimum absolute atomic E-state index is 0.191. The molecule has 2 aliphatic heterocycles. The summed E-state index contributed by atoms with van der Waals surface area (Å²) in [6.45, 7) is 15.4. The van der Waals surface area contributed by atoms with E-state index in [1.807, 2.05) is 18.2 Å². The number of hydrogen-bond acceptors (Lipinski definition) is 3. The number of fused-ring (bicyclic) bond motifs is 1. The van der Waals surface area contributed by atoms with Crippen LogP contribution in [0.2, 0.25) is 0 Å². The number of carbonyl (C=O) groups excluding carboxylic acids is 1. The smallest absolute Gasteiger partial charge is 0.222 e. The number of aryl methyl sites for hydroxylation is 1. The van der Waals surface area contributed by atoms with Gasteiger partial charge < -0.3 is 4.90 Å². The van der Waals surface area contributed by atoms with Gasteiger partial charge in [0.15, 0.2) is 0 Å². The SMILES string of the molecule is CC(C)CN1C[C@@H]2CN(C(=O)CCc3ccccc3)CCN2C(C)(C)C1. The Hall–Kier alpha value is -1.39. The van der Waals surface area contributed by atoms with E-state index in [9.17, 15) is 4.79 Å². The summed E-state index contributed by atoms with van der Waals surface area (Å²) in [6, 6.07) is 10.8. The number of carbonyl (C=O) groups is 1. The van der Waals surface area contributed by atoms with Crippen LogP contribution in [0.3, 0.4) is 0 Å². The number of hydrogen-bond donors (Lipinski definition) is 0. The number of nitrogens with zero attached hydrogens (tertiary/aromatic N) is 3. The van der Waals surface area contributed by atoms with Gasteiger partial charge in [-0.25, -0.2) is 0 Å². The molecular weight excluding hydrogens is 322 g/mol. The molecule has 1 amide bonds. The maximum absolute atomic E-state index is 12.8. The fourth-order valence-corrected chi connectivity index (χ4v) is 4.75. The van der Waals surface area contributed by atoms with Crippen molar-refractivity contribution in [3.8, 4) is 0 Å². The number of benzene rings is 1. The van der Waals surface area contributed by atoms with Crippen LogP contribution in [0.4, 0.5) is 0 Å². The molecule has 4 heteroatoms. The Morgan fingerprint density at radius 1 is 1.15 bits per heavy atom. The molecule has 2 saturated heterocycles. The summed E-state index contributed by atoms with van der Waals surface area (Å²) < 4.78 is 0. The molecule has 0 N–H and O–H groups in total.